The number of benzene rings is 2. The number of hydrogen-bond acceptors (Lipinski definition) is 8. The second kappa shape index (κ2) is 6.76. The number of esters is 1. The smallest absolute Gasteiger partial charge is 0.335 e. The van der Waals surface area contributed by atoms with Gasteiger partial charge in [-0.15, -0.1) is 0 Å². The molecule has 2 aromatic rings. The van der Waals surface area contributed by atoms with E-state index in [4.69, 9.17) is 28.4 Å². The van der Waals surface area contributed by atoms with E-state index in [0.717, 1.165) is 16.7 Å². The van der Waals surface area contributed by atoms with Gasteiger partial charge in [0.15, 0.2) is 23.0 Å². The van der Waals surface area contributed by atoms with Crippen LogP contribution in [-0.2, 0) is 16.0 Å². The lowest BCUT2D eigenvalue weighted by Crippen LogP contribution is -2.18. The van der Waals surface area contributed by atoms with Crippen molar-refractivity contribution in [3.63, 3.8) is 0 Å². The highest BCUT2D eigenvalue weighted by Crippen LogP contribution is 2.54. The third-order valence-electron chi connectivity index (χ3n) is 5.77. The van der Waals surface area contributed by atoms with Crippen molar-refractivity contribution in [2.45, 2.75) is 12.3 Å². The average molecular weight is 412 g/mol. The van der Waals surface area contributed by atoms with E-state index in [2.05, 4.69) is 0 Å². The van der Waals surface area contributed by atoms with Gasteiger partial charge in [-0.05, 0) is 34.9 Å². The van der Waals surface area contributed by atoms with Crippen LogP contribution >= 0.6 is 0 Å². The Bertz CT molecular complexity index is 1080. The number of phenols is 1. The minimum atomic E-state index is -0.493. The fraction of sp³-hybridized carbons (Fsp3) is 0.318. The maximum atomic E-state index is 12.7. The second-order valence-electron chi connectivity index (χ2n) is 7.19. The molecule has 8 heteroatoms. The molecule has 0 aromatic heterocycles. The molecule has 0 saturated heterocycles. The van der Waals surface area contributed by atoms with Crippen LogP contribution in [0.4, 0.5) is 0 Å². The van der Waals surface area contributed by atoms with E-state index < -0.39 is 5.92 Å². The van der Waals surface area contributed by atoms with Gasteiger partial charge < -0.3 is 33.5 Å². The van der Waals surface area contributed by atoms with Crippen LogP contribution in [0.1, 0.15) is 22.6 Å². The number of carbonyl (C=O) groups is 1. The van der Waals surface area contributed by atoms with Crippen molar-refractivity contribution in [3.05, 3.63) is 46.0 Å². The standard InChI is InChI=1S/C22H20O8/c1-25-14-5-10(6-15(26-2)20(14)27-3)17-12-7-16-21(30-9-29-16)19(23)13(12)4-11-8-28-22(24)18(11)17/h5-7,17,23H,4,8-9H2,1-3H3. The van der Waals surface area contributed by atoms with Gasteiger partial charge in [-0.2, -0.15) is 0 Å². The van der Waals surface area contributed by atoms with Gasteiger partial charge in [0.25, 0.3) is 0 Å². The monoisotopic (exact) mass is 412 g/mol. The van der Waals surface area contributed by atoms with Crippen LogP contribution in [-0.4, -0.2) is 45.8 Å². The molecule has 30 heavy (non-hydrogen) atoms. The van der Waals surface area contributed by atoms with Gasteiger partial charge in [0.2, 0.25) is 18.3 Å². The lowest BCUT2D eigenvalue weighted by atomic mass is 9.74. The van der Waals surface area contributed by atoms with Crippen molar-refractivity contribution in [1.29, 1.82) is 0 Å². The highest BCUT2D eigenvalue weighted by Gasteiger charge is 2.41. The molecule has 0 bridgehead atoms. The SMILES string of the molecule is COc1cc(C2C3=C(COC3=O)Cc3c2cc2c(c3O)OCO2)cc(OC)c1OC. The van der Waals surface area contributed by atoms with E-state index in [1.165, 1.54) is 21.3 Å². The summed E-state index contributed by atoms with van der Waals surface area (Å²) in [6, 6.07) is 5.43. The molecule has 2 aliphatic heterocycles. The van der Waals surface area contributed by atoms with Crippen molar-refractivity contribution in [2.75, 3.05) is 34.7 Å². The minimum absolute atomic E-state index is 0.0309. The summed E-state index contributed by atoms with van der Waals surface area (Å²) < 4.78 is 32.7. The Morgan fingerprint density at radius 3 is 2.40 bits per heavy atom. The van der Waals surface area contributed by atoms with Crippen LogP contribution < -0.4 is 23.7 Å². The van der Waals surface area contributed by atoms with Crippen LogP contribution in [0, 0.1) is 0 Å². The molecule has 1 unspecified atom stereocenters. The fourth-order valence-corrected chi connectivity index (χ4v) is 4.43. The number of rotatable bonds is 4. The van der Waals surface area contributed by atoms with Gasteiger partial charge in [-0.25, -0.2) is 4.79 Å². The number of phenolic OH excluding ortho intramolecular Hbond substituents is 1. The van der Waals surface area contributed by atoms with Crippen LogP contribution in [0.25, 0.3) is 0 Å². The van der Waals surface area contributed by atoms with Gasteiger partial charge in [-0.3, -0.25) is 0 Å². The zero-order valence-electron chi connectivity index (χ0n) is 16.7. The molecule has 0 saturated carbocycles. The maximum absolute atomic E-state index is 12.7. The highest BCUT2D eigenvalue weighted by atomic mass is 16.7. The lowest BCUT2D eigenvalue weighted by molar-refractivity contribution is -0.136. The maximum Gasteiger partial charge on any atom is 0.335 e. The molecule has 0 amide bonds. The molecule has 0 fully saturated rings. The predicted molar refractivity (Wildman–Crippen MR) is 104 cm³/mol. The summed E-state index contributed by atoms with van der Waals surface area (Å²) in [4.78, 5) is 12.7. The molecular weight excluding hydrogens is 392 g/mol. The number of ether oxygens (including phenoxy) is 6. The number of aromatic hydroxyl groups is 1. The van der Waals surface area contributed by atoms with E-state index in [1.54, 1.807) is 12.1 Å². The van der Waals surface area contributed by atoms with Crippen molar-refractivity contribution in [1.82, 2.24) is 0 Å². The Hall–Kier alpha value is -3.55. The number of carbonyl (C=O) groups excluding carboxylic acids is 1. The molecule has 1 aliphatic carbocycles. The Morgan fingerprint density at radius 1 is 1.00 bits per heavy atom. The van der Waals surface area contributed by atoms with Crippen LogP contribution in [0.3, 0.4) is 0 Å². The number of cyclic esters (lactones) is 1. The molecule has 2 heterocycles. The summed E-state index contributed by atoms with van der Waals surface area (Å²) in [5, 5.41) is 10.9. The zero-order valence-corrected chi connectivity index (χ0v) is 16.7. The van der Waals surface area contributed by atoms with Crippen molar-refractivity contribution < 1.29 is 38.3 Å². The van der Waals surface area contributed by atoms with Crippen LogP contribution in [0.2, 0.25) is 0 Å². The molecule has 5 rings (SSSR count). The second-order valence-corrected chi connectivity index (χ2v) is 7.19. The molecule has 0 spiro atoms. The third kappa shape index (κ3) is 2.49. The van der Waals surface area contributed by atoms with E-state index >= 15 is 0 Å². The summed E-state index contributed by atoms with van der Waals surface area (Å²) in [6.07, 6.45) is 0.403. The molecule has 1 atom stereocenters. The lowest BCUT2D eigenvalue weighted by Gasteiger charge is -2.28. The molecule has 8 nitrogen and oxygen atoms in total. The highest BCUT2D eigenvalue weighted by molar-refractivity contribution is 5.96. The largest absolute Gasteiger partial charge is 0.504 e. The zero-order chi connectivity index (χ0) is 21.0. The Morgan fingerprint density at radius 2 is 1.73 bits per heavy atom. The average Bonchev–Trinajstić information content (AvgIpc) is 3.38. The van der Waals surface area contributed by atoms with Gasteiger partial charge in [-0.1, -0.05) is 0 Å². The van der Waals surface area contributed by atoms with Crippen molar-refractivity contribution in [2.24, 2.45) is 0 Å². The molecule has 2 aromatic carbocycles. The number of fused-ring (bicyclic) bond motifs is 2. The number of methoxy groups -OCH3 is 3. The minimum Gasteiger partial charge on any atom is -0.504 e. The fourth-order valence-electron chi connectivity index (χ4n) is 4.43. The van der Waals surface area contributed by atoms with Crippen LogP contribution in [0.5, 0.6) is 34.5 Å². The first-order valence-corrected chi connectivity index (χ1v) is 9.40. The molecule has 1 N–H and O–H groups in total. The van der Waals surface area contributed by atoms with Crippen molar-refractivity contribution >= 4 is 5.97 Å². The van der Waals surface area contributed by atoms with Gasteiger partial charge in [0, 0.05) is 17.9 Å². The molecule has 0 radical (unpaired) electrons. The quantitative estimate of drug-likeness (QED) is 0.767. The number of hydrogen-bond donors (Lipinski definition) is 1. The van der Waals surface area contributed by atoms with E-state index in [9.17, 15) is 9.90 Å². The first-order chi connectivity index (χ1) is 14.6. The Kier molecular flexibility index (Phi) is 4.16. The van der Waals surface area contributed by atoms with Gasteiger partial charge in [0.1, 0.15) is 6.61 Å². The Labute approximate surface area is 172 Å². The van der Waals surface area contributed by atoms with Gasteiger partial charge >= 0.3 is 5.97 Å². The van der Waals surface area contributed by atoms with E-state index in [-0.39, 0.29) is 25.1 Å². The molecular formula is C22H20O8. The molecule has 3 aliphatic rings. The summed E-state index contributed by atoms with van der Waals surface area (Å²) in [5.41, 5.74) is 3.59. The summed E-state index contributed by atoms with van der Waals surface area (Å²) in [5.74, 6) is 1.33. The normalized spacial score (nSPS) is 18.6. The first kappa shape index (κ1) is 18.5. The Balaban J connectivity index is 1.77. The topological polar surface area (TPSA) is 92.7 Å². The summed E-state index contributed by atoms with van der Waals surface area (Å²) in [7, 11) is 4.60. The van der Waals surface area contributed by atoms with Gasteiger partial charge in [0.05, 0.1) is 26.9 Å². The first-order valence-electron chi connectivity index (χ1n) is 9.40. The molecule has 156 valence electrons. The summed E-state index contributed by atoms with van der Waals surface area (Å²) in [6.45, 7) is 0.234. The summed E-state index contributed by atoms with van der Waals surface area (Å²) >= 11 is 0. The van der Waals surface area contributed by atoms with Crippen LogP contribution in [0.15, 0.2) is 29.3 Å². The van der Waals surface area contributed by atoms with E-state index in [1.807, 2.05) is 6.07 Å². The third-order valence-corrected chi connectivity index (χ3v) is 5.77. The predicted octanol–water partition coefficient (Wildman–Crippen LogP) is 2.69. The van der Waals surface area contributed by atoms with E-state index in [0.29, 0.717) is 46.3 Å². The van der Waals surface area contributed by atoms with Crippen molar-refractivity contribution in [3.8, 4) is 34.5 Å².